The van der Waals surface area contributed by atoms with Gasteiger partial charge in [-0.25, -0.2) is 8.78 Å². The van der Waals surface area contributed by atoms with Crippen LogP contribution in [0.2, 0.25) is 0 Å². The minimum Gasteiger partial charge on any atom is -0.352 e. The van der Waals surface area contributed by atoms with E-state index in [4.69, 9.17) is 0 Å². The number of hydrogen-bond donors (Lipinski definition) is 1. The van der Waals surface area contributed by atoms with Crippen molar-refractivity contribution < 1.29 is 18.4 Å². The highest BCUT2D eigenvalue weighted by molar-refractivity contribution is 5.95. The van der Waals surface area contributed by atoms with Gasteiger partial charge in [0.1, 0.15) is 11.6 Å². The zero-order chi connectivity index (χ0) is 18.5. The van der Waals surface area contributed by atoms with Crippen LogP contribution in [-0.2, 0) is 11.3 Å². The highest BCUT2D eigenvalue weighted by atomic mass is 19.1. The molecule has 26 heavy (non-hydrogen) atoms. The summed E-state index contributed by atoms with van der Waals surface area (Å²) in [7, 11) is 0. The molecule has 0 aliphatic carbocycles. The Bertz CT molecular complexity index is 810. The molecule has 0 bridgehead atoms. The third-order valence-corrected chi connectivity index (χ3v) is 4.59. The average molecular weight is 358 g/mol. The summed E-state index contributed by atoms with van der Waals surface area (Å²) >= 11 is 0. The second-order valence-corrected chi connectivity index (χ2v) is 6.38. The van der Waals surface area contributed by atoms with Crippen LogP contribution in [0.5, 0.6) is 0 Å². The molecule has 0 saturated carbocycles. The number of benzene rings is 2. The summed E-state index contributed by atoms with van der Waals surface area (Å²) in [6.07, 6.45) is 1.31. The van der Waals surface area contributed by atoms with Gasteiger partial charge >= 0.3 is 0 Å². The Hall–Kier alpha value is -2.76. The topological polar surface area (TPSA) is 49.4 Å². The molecule has 1 heterocycles. The first-order valence-electron chi connectivity index (χ1n) is 8.61. The van der Waals surface area contributed by atoms with Crippen LogP contribution in [0.4, 0.5) is 8.78 Å². The van der Waals surface area contributed by atoms with Crippen LogP contribution in [0.3, 0.4) is 0 Å². The van der Waals surface area contributed by atoms with Gasteiger partial charge in [0.2, 0.25) is 5.91 Å². The maximum absolute atomic E-state index is 13.8. The molecule has 1 aliphatic rings. The largest absolute Gasteiger partial charge is 0.352 e. The van der Waals surface area contributed by atoms with E-state index in [0.717, 1.165) is 0 Å². The highest BCUT2D eigenvalue weighted by Crippen LogP contribution is 2.20. The Kier molecular flexibility index (Phi) is 5.61. The second kappa shape index (κ2) is 8.08. The molecule has 3 rings (SSSR count). The zero-order valence-corrected chi connectivity index (χ0v) is 14.3. The van der Waals surface area contributed by atoms with Gasteiger partial charge in [0, 0.05) is 25.2 Å². The molecule has 2 aromatic rings. The van der Waals surface area contributed by atoms with Crippen molar-refractivity contribution in [1.29, 1.82) is 0 Å². The molecule has 4 nitrogen and oxygen atoms in total. The molecule has 2 aromatic carbocycles. The van der Waals surface area contributed by atoms with E-state index < -0.39 is 11.7 Å². The van der Waals surface area contributed by atoms with Gasteiger partial charge in [0.05, 0.1) is 11.5 Å². The van der Waals surface area contributed by atoms with Gasteiger partial charge < -0.3 is 10.2 Å². The van der Waals surface area contributed by atoms with Crippen molar-refractivity contribution in [2.24, 2.45) is 5.92 Å². The van der Waals surface area contributed by atoms with E-state index in [2.05, 4.69) is 5.32 Å². The first-order valence-corrected chi connectivity index (χ1v) is 8.61. The fraction of sp³-hybridized carbons (Fsp3) is 0.300. The maximum atomic E-state index is 13.8. The summed E-state index contributed by atoms with van der Waals surface area (Å²) < 4.78 is 27.5. The van der Waals surface area contributed by atoms with E-state index in [1.54, 1.807) is 24.3 Å². The molecule has 0 aromatic heterocycles. The molecule has 1 unspecified atom stereocenters. The van der Waals surface area contributed by atoms with Crippen LogP contribution in [0, 0.1) is 17.6 Å². The van der Waals surface area contributed by atoms with Gasteiger partial charge in [0.15, 0.2) is 0 Å². The number of rotatable bonds is 4. The van der Waals surface area contributed by atoms with Gasteiger partial charge in [-0.2, -0.15) is 0 Å². The van der Waals surface area contributed by atoms with Gasteiger partial charge in [-0.15, -0.1) is 0 Å². The van der Waals surface area contributed by atoms with Crippen molar-refractivity contribution in [3.05, 3.63) is 71.3 Å². The molecule has 1 saturated heterocycles. The van der Waals surface area contributed by atoms with Gasteiger partial charge in [-0.05, 0) is 31.0 Å². The van der Waals surface area contributed by atoms with Crippen LogP contribution in [0.15, 0.2) is 48.5 Å². The van der Waals surface area contributed by atoms with E-state index >= 15 is 0 Å². The van der Waals surface area contributed by atoms with E-state index in [1.807, 2.05) is 0 Å². The summed E-state index contributed by atoms with van der Waals surface area (Å²) in [5.74, 6) is -1.95. The Labute approximate surface area is 150 Å². The van der Waals surface area contributed by atoms with E-state index in [-0.39, 0.29) is 36.3 Å². The van der Waals surface area contributed by atoms with Crippen molar-refractivity contribution in [1.82, 2.24) is 10.2 Å². The Morgan fingerprint density at radius 2 is 1.73 bits per heavy atom. The van der Waals surface area contributed by atoms with Crippen LogP contribution in [0.25, 0.3) is 0 Å². The fourth-order valence-electron chi connectivity index (χ4n) is 3.15. The number of carbonyl (C=O) groups is 2. The quantitative estimate of drug-likeness (QED) is 0.913. The van der Waals surface area contributed by atoms with Crippen LogP contribution < -0.4 is 5.32 Å². The first kappa shape index (κ1) is 18.0. The Morgan fingerprint density at radius 1 is 1.04 bits per heavy atom. The number of amides is 2. The smallest absolute Gasteiger partial charge is 0.256 e. The lowest BCUT2D eigenvalue weighted by atomic mass is 9.96. The predicted molar refractivity (Wildman–Crippen MR) is 93.3 cm³/mol. The molecule has 0 spiro atoms. The molecule has 1 aliphatic heterocycles. The lowest BCUT2D eigenvalue weighted by Gasteiger charge is -2.32. The lowest BCUT2D eigenvalue weighted by Crippen LogP contribution is -2.45. The van der Waals surface area contributed by atoms with Gasteiger partial charge in [-0.3, -0.25) is 9.59 Å². The van der Waals surface area contributed by atoms with Crippen molar-refractivity contribution in [2.75, 3.05) is 13.1 Å². The van der Waals surface area contributed by atoms with E-state index in [1.165, 1.54) is 29.2 Å². The maximum Gasteiger partial charge on any atom is 0.256 e. The monoisotopic (exact) mass is 358 g/mol. The summed E-state index contributed by atoms with van der Waals surface area (Å²) in [6.45, 7) is 0.823. The van der Waals surface area contributed by atoms with E-state index in [0.29, 0.717) is 24.9 Å². The van der Waals surface area contributed by atoms with Crippen LogP contribution >= 0.6 is 0 Å². The number of piperidine rings is 1. The summed E-state index contributed by atoms with van der Waals surface area (Å²) in [5.41, 5.74) is 0.427. The second-order valence-electron chi connectivity index (χ2n) is 6.38. The minimum atomic E-state index is -0.566. The minimum absolute atomic E-state index is 0.0138. The summed E-state index contributed by atoms with van der Waals surface area (Å²) in [5, 5.41) is 2.73. The molecule has 1 atom stereocenters. The number of carbonyl (C=O) groups excluding carboxylic acids is 2. The highest BCUT2D eigenvalue weighted by Gasteiger charge is 2.29. The number of likely N-dealkylation sites (tertiary alicyclic amines) is 1. The molecular weight excluding hydrogens is 338 g/mol. The van der Waals surface area contributed by atoms with Gasteiger partial charge in [0.25, 0.3) is 5.91 Å². The lowest BCUT2D eigenvalue weighted by molar-refractivity contribution is -0.126. The third kappa shape index (κ3) is 4.07. The molecule has 1 fully saturated rings. The Morgan fingerprint density at radius 3 is 2.46 bits per heavy atom. The standard InChI is InChI=1S/C20H20F2N2O2/c21-17-9-3-1-6-14(17)12-23-19(25)15-7-5-11-24(13-15)20(26)16-8-2-4-10-18(16)22/h1-4,6,8-10,15H,5,7,11-13H2,(H,23,25). The third-order valence-electron chi connectivity index (χ3n) is 4.59. The normalized spacial score (nSPS) is 17.0. The zero-order valence-electron chi connectivity index (χ0n) is 14.3. The number of nitrogens with one attached hydrogen (secondary N) is 1. The number of hydrogen-bond acceptors (Lipinski definition) is 2. The van der Waals surface area contributed by atoms with Crippen LogP contribution in [0.1, 0.15) is 28.8 Å². The molecule has 1 N–H and O–H groups in total. The fourth-order valence-corrected chi connectivity index (χ4v) is 3.15. The molecule has 136 valence electrons. The van der Waals surface area contributed by atoms with Crippen molar-refractivity contribution in [2.45, 2.75) is 19.4 Å². The van der Waals surface area contributed by atoms with Crippen molar-refractivity contribution in [3.63, 3.8) is 0 Å². The molecule has 2 amide bonds. The Balaban J connectivity index is 1.61. The SMILES string of the molecule is O=C(NCc1ccccc1F)C1CCCN(C(=O)c2ccccc2F)C1. The van der Waals surface area contributed by atoms with Crippen LogP contribution in [-0.4, -0.2) is 29.8 Å². The summed E-state index contributed by atoms with van der Waals surface area (Å²) in [4.78, 5) is 26.4. The number of halogens is 2. The average Bonchev–Trinajstić information content (AvgIpc) is 2.67. The molecular formula is C20H20F2N2O2. The van der Waals surface area contributed by atoms with E-state index in [9.17, 15) is 18.4 Å². The van der Waals surface area contributed by atoms with Crippen molar-refractivity contribution in [3.8, 4) is 0 Å². The molecule has 6 heteroatoms. The first-order chi connectivity index (χ1) is 12.6. The predicted octanol–water partition coefficient (Wildman–Crippen LogP) is 3.13. The van der Waals surface area contributed by atoms with Crippen molar-refractivity contribution >= 4 is 11.8 Å². The summed E-state index contributed by atoms with van der Waals surface area (Å²) in [6, 6.07) is 12.1. The molecule has 0 radical (unpaired) electrons. The van der Waals surface area contributed by atoms with Gasteiger partial charge in [-0.1, -0.05) is 30.3 Å². The number of nitrogens with zero attached hydrogens (tertiary/aromatic N) is 1.